The second-order valence-electron chi connectivity index (χ2n) is 8.51. The number of carbonyl (C=O) groups excluding carboxylic acids is 3. The van der Waals surface area contributed by atoms with Crippen molar-refractivity contribution in [2.45, 2.75) is 57.2 Å². The summed E-state index contributed by atoms with van der Waals surface area (Å²) in [6, 6.07) is 9.35. The quantitative estimate of drug-likeness (QED) is 0.698. The van der Waals surface area contributed by atoms with Gasteiger partial charge in [0, 0.05) is 45.2 Å². The average molecular weight is 425 g/mol. The summed E-state index contributed by atoms with van der Waals surface area (Å²) in [6.07, 6.45) is 2.87. The van der Waals surface area contributed by atoms with Gasteiger partial charge in [-0.05, 0) is 38.3 Å². The molecule has 164 valence electrons. The molecule has 3 aliphatic heterocycles. The third-order valence-corrected chi connectivity index (χ3v) is 6.71. The van der Waals surface area contributed by atoms with E-state index in [4.69, 9.17) is 10.00 Å². The second kappa shape index (κ2) is 8.67. The highest BCUT2D eigenvalue weighted by Crippen LogP contribution is 2.44. The molecule has 2 saturated heterocycles. The maximum atomic E-state index is 13.3. The lowest BCUT2D eigenvalue weighted by Gasteiger charge is -2.48. The molecule has 0 aliphatic carbocycles. The van der Waals surface area contributed by atoms with Crippen molar-refractivity contribution in [3.63, 3.8) is 0 Å². The lowest BCUT2D eigenvalue weighted by molar-refractivity contribution is -0.135. The van der Waals surface area contributed by atoms with Crippen LogP contribution in [-0.2, 0) is 14.3 Å². The Morgan fingerprint density at radius 2 is 2.03 bits per heavy atom. The van der Waals surface area contributed by atoms with Crippen LogP contribution < -0.4 is 4.90 Å². The minimum absolute atomic E-state index is 0.00312. The normalized spacial score (nSPS) is 23.4. The van der Waals surface area contributed by atoms with Crippen LogP contribution in [0.4, 0.5) is 5.69 Å². The molecule has 1 aromatic rings. The number of rotatable bonds is 6. The molecule has 0 radical (unpaired) electrons. The van der Waals surface area contributed by atoms with E-state index < -0.39 is 5.66 Å². The molecule has 3 amide bonds. The number of hydrogen-bond donors (Lipinski definition) is 0. The van der Waals surface area contributed by atoms with E-state index in [2.05, 4.69) is 6.07 Å². The Kier molecular flexibility index (Phi) is 5.96. The van der Waals surface area contributed by atoms with Gasteiger partial charge in [-0.2, -0.15) is 5.26 Å². The van der Waals surface area contributed by atoms with Crippen LogP contribution in [0.15, 0.2) is 24.3 Å². The summed E-state index contributed by atoms with van der Waals surface area (Å²) in [7, 11) is 0. The minimum atomic E-state index is -0.765. The van der Waals surface area contributed by atoms with Crippen LogP contribution >= 0.6 is 0 Å². The molecule has 1 aromatic carbocycles. The van der Waals surface area contributed by atoms with Gasteiger partial charge < -0.3 is 14.5 Å². The molecule has 8 heteroatoms. The molecule has 4 rings (SSSR count). The Morgan fingerprint density at radius 3 is 2.77 bits per heavy atom. The number of carbonyl (C=O) groups is 3. The standard InChI is InChI=1S/C23H28N4O4/c1-23-11-7-21(29)27(23)19-6-3-2-5-18(19)22(30)26(23)14-8-20(28)25(13-4-12-24)17-9-15-31-16-10-17/h2-3,5-6,17H,4,7-11,13-16H2,1H3. The Morgan fingerprint density at radius 1 is 1.29 bits per heavy atom. The van der Waals surface area contributed by atoms with E-state index >= 15 is 0 Å². The summed E-state index contributed by atoms with van der Waals surface area (Å²) >= 11 is 0. The van der Waals surface area contributed by atoms with Crippen LogP contribution in [0.2, 0.25) is 0 Å². The molecule has 3 heterocycles. The van der Waals surface area contributed by atoms with Crippen molar-refractivity contribution in [2.24, 2.45) is 0 Å². The minimum Gasteiger partial charge on any atom is -0.381 e. The maximum Gasteiger partial charge on any atom is 0.257 e. The second-order valence-corrected chi connectivity index (χ2v) is 8.51. The van der Waals surface area contributed by atoms with Gasteiger partial charge in [0.05, 0.1) is 23.7 Å². The van der Waals surface area contributed by atoms with E-state index in [0.717, 1.165) is 12.8 Å². The highest BCUT2D eigenvalue weighted by molar-refractivity contribution is 6.10. The van der Waals surface area contributed by atoms with Crippen LogP contribution in [0.1, 0.15) is 55.8 Å². The first-order valence-corrected chi connectivity index (χ1v) is 11.0. The third kappa shape index (κ3) is 3.79. The molecule has 1 unspecified atom stereocenters. The first-order valence-electron chi connectivity index (χ1n) is 11.0. The number of nitrogens with zero attached hydrogens (tertiary/aromatic N) is 4. The van der Waals surface area contributed by atoms with Gasteiger partial charge in [0.15, 0.2) is 0 Å². The van der Waals surface area contributed by atoms with Crippen molar-refractivity contribution in [1.82, 2.24) is 9.80 Å². The SMILES string of the molecule is CC12CCC(=O)N1c1ccccc1C(=O)N2CCC(=O)N(CCC#N)C1CCOCC1. The molecule has 2 fully saturated rings. The zero-order valence-corrected chi connectivity index (χ0v) is 17.9. The van der Waals surface area contributed by atoms with E-state index in [-0.39, 0.29) is 43.1 Å². The predicted octanol–water partition coefficient (Wildman–Crippen LogP) is 2.30. The fourth-order valence-electron chi connectivity index (χ4n) is 5.07. The van der Waals surface area contributed by atoms with Crippen molar-refractivity contribution in [3.8, 4) is 6.07 Å². The zero-order chi connectivity index (χ0) is 22.0. The van der Waals surface area contributed by atoms with Gasteiger partial charge in [0.2, 0.25) is 11.8 Å². The molecule has 8 nitrogen and oxygen atoms in total. The number of benzene rings is 1. The van der Waals surface area contributed by atoms with Gasteiger partial charge in [0.25, 0.3) is 5.91 Å². The Hall–Kier alpha value is -2.92. The Bertz CT molecular complexity index is 920. The van der Waals surface area contributed by atoms with Gasteiger partial charge in [-0.25, -0.2) is 0 Å². The molecule has 0 aromatic heterocycles. The average Bonchev–Trinajstić information content (AvgIpc) is 3.09. The number of ether oxygens (including phenoxy) is 1. The van der Waals surface area contributed by atoms with E-state index in [1.54, 1.807) is 26.8 Å². The number of anilines is 1. The number of fused-ring (bicyclic) bond motifs is 3. The van der Waals surface area contributed by atoms with Gasteiger partial charge >= 0.3 is 0 Å². The van der Waals surface area contributed by atoms with Crippen LogP contribution in [0.25, 0.3) is 0 Å². The predicted molar refractivity (Wildman–Crippen MR) is 113 cm³/mol. The van der Waals surface area contributed by atoms with Crippen molar-refractivity contribution in [1.29, 1.82) is 5.26 Å². The number of amides is 3. The molecule has 0 spiro atoms. The first-order chi connectivity index (χ1) is 15.0. The Balaban J connectivity index is 1.54. The third-order valence-electron chi connectivity index (χ3n) is 6.71. The first kappa shape index (κ1) is 21.3. The molecule has 3 aliphatic rings. The van der Waals surface area contributed by atoms with Crippen molar-refractivity contribution in [2.75, 3.05) is 31.2 Å². The topological polar surface area (TPSA) is 94.0 Å². The molecule has 0 saturated carbocycles. The van der Waals surface area contributed by atoms with E-state index in [1.165, 1.54) is 0 Å². The van der Waals surface area contributed by atoms with Crippen LogP contribution in [-0.4, -0.2) is 65.5 Å². The highest BCUT2D eigenvalue weighted by atomic mass is 16.5. The highest BCUT2D eigenvalue weighted by Gasteiger charge is 2.52. The fraction of sp³-hybridized carbons (Fsp3) is 0.565. The summed E-state index contributed by atoms with van der Waals surface area (Å²) in [5.74, 6) is -0.212. The smallest absolute Gasteiger partial charge is 0.257 e. The van der Waals surface area contributed by atoms with Crippen molar-refractivity contribution >= 4 is 23.4 Å². The van der Waals surface area contributed by atoms with Gasteiger partial charge in [-0.15, -0.1) is 0 Å². The van der Waals surface area contributed by atoms with Crippen LogP contribution in [0.5, 0.6) is 0 Å². The van der Waals surface area contributed by atoms with E-state index in [1.807, 2.05) is 19.1 Å². The molecule has 0 N–H and O–H groups in total. The summed E-state index contributed by atoms with van der Waals surface area (Å²) < 4.78 is 5.41. The van der Waals surface area contributed by atoms with E-state index in [9.17, 15) is 14.4 Å². The summed E-state index contributed by atoms with van der Waals surface area (Å²) in [5, 5.41) is 9.02. The molecule has 31 heavy (non-hydrogen) atoms. The van der Waals surface area contributed by atoms with Crippen LogP contribution in [0.3, 0.4) is 0 Å². The maximum absolute atomic E-state index is 13.3. The van der Waals surface area contributed by atoms with Gasteiger partial charge in [-0.3, -0.25) is 19.3 Å². The largest absolute Gasteiger partial charge is 0.381 e. The molecule has 1 atom stereocenters. The Labute approximate surface area is 182 Å². The fourth-order valence-corrected chi connectivity index (χ4v) is 5.07. The van der Waals surface area contributed by atoms with Gasteiger partial charge in [0.1, 0.15) is 5.66 Å². The summed E-state index contributed by atoms with van der Waals surface area (Å²) in [5.41, 5.74) is 0.380. The lowest BCUT2D eigenvalue weighted by atomic mass is 9.98. The monoisotopic (exact) mass is 424 g/mol. The van der Waals surface area contributed by atoms with Crippen molar-refractivity contribution in [3.05, 3.63) is 29.8 Å². The van der Waals surface area contributed by atoms with Crippen LogP contribution in [0, 0.1) is 11.3 Å². The van der Waals surface area contributed by atoms with Gasteiger partial charge in [-0.1, -0.05) is 12.1 Å². The number of para-hydroxylation sites is 1. The molecule has 0 bridgehead atoms. The number of hydrogen-bond acceptors (Lipinski definition) is 5. The van der Waals surface area contributed by atoms with Crippen molar-refractivity contribution < 1.29 is 19.1 Å². The molecular formula is C23H28N4O4. The zero-order valence-electron chi connectivity index (χ0n) is 17.9. The summed E-state index contributed by atoms with van der Waals surface area (Å²) in [4.78, 5) is 44.4. The summed E-state index contributed by atoms with van der Waals surface area (Å²) in [6.45, 7) is 3.74. The molecular weight excluding hydrogens is 396 g/mol. The van der Waals surface area contributed by atoms with E-state index in [0.29, 0.717) is 43.9 Å². The lowest BCUT2D eigenvalue weighted by Crippen LogP contribution is -2.62. The number of nitriles is 1.